The van der Waals surface area contributed by atoms with Gasteiger partial charge >= 0.3 is 12.2 Å². The van der Waals surface area contributed by atoms with Gasteiger partial charge in [0, 0.05) is 34.3 Å². The lowest BCUT2D eigenvalue weighted by molar-refractivity contribution is -0.137. The molecule has 0 aliphatic rings. The number of alkyl halides is 3. The summed E-state index contributed by atoms with van der Waals surface area (Å²) in [5.41, 5.74) is 3.04. The van der Waals surface area contributed by atoms with E-state index < -0.39 is 17.8 Å². The number of carbonyl (C=O) groups excluding carboxylic acids is 1. The number of nitrogens with zero attached hydrogens (tertiary/aromatic N) is 1. The van der Waals surface area contributed by atoms with E-state index in [1.54, 1.807) is 12.1 Å². The van der Waals surface area contributed by atoms with Crippen molar-refractivity contribution in [3.63, 3.8) is 0 Å². The van der Waals surface area contributed by atoms with Gasteiger partial charge in [-0.05, 0) is 67.9 Å². The lowest BCUT2D eigenvalue weighted by Crippen LogP contribution is -2.28. The van der Waals surface area contributed by atoms with E-state index in [2.05, 4.69) is 10.6 Å². The molecular formula is C21H19ClF3N3O. The number of hydrogen-bond donors (Lipinski definition) is 2. The number of anilines is 1. The number of nitrogens with one attached hydrogen (secondary N) is 2. The number of benzene rings is 2. The summed E-state index contributed by atoms with van der Waals surface area (Å²) in [6, 6.07) is 13.3. The lowest BCUT2D eigenvalue weighted by Gasteiger charge is -2.12. The summed E-state index contributed by atoms with van der Waals surface area (Å²) in [4.78, 5) is 12.1. The molecule has 0 spiro atoms. The highest BCUT2D eigenvalue weighted by Crippen LogP contribution is 2.30. The largest absolute Gasteiger partial charge is 0.416 e. The zero-order valence-corrected chi connectivity index (χ0v) is 16.5. The summed E-state index contributed by atoms with van der Waals surface area (Å²) < 4.78 is 40.4. The molecule has 3 rings (SSSR count). The first-order chi connectivity index (χ1) is 13.6. The van der Waals surface area contributed by atoms with Gasteiger partial charge in [0.2, 0.25) is 0 Å². The molecule has 2 amide bonds. The number of rotatable bonds is 4. The van der Waals surface area contributed by atoms with Crippen molar-refractivity contribution in [2.75, 3.05) is 5.32 Å². The summed E-state index contributed by atoms with van der Waals surface area (Å²) in [5, 5.41) is 5.76. The topological polar surface area (TPSA) is 46.1 Å². The molecule has 0 unspecified atom stereocenters. The first kappa shape index (κ1) is 20.8. The second kappa shape index (κ2) is 8.21. The van der Waals surface area contributed by atoms with Crippen LogP contribution in [-0.4, -0.2) is 10.6 Å². The van der Waals surface area contributed by atoms with Crippen LogP contribution in [0.5, 0.6) is 0 Å². The molecule has 1 aromatic heterocycles. The number of halogens is 4. The summed E-state index contributed by atoms with van der Waals surface area (Å²) in [6.07, 6.45) is -4.46. The van der Waals surface area contributed by atoms with Crippen LogP contribution in [0.2, 0.25) is 5.02 Å². The molecule has 0 aliphatic heterocycles. The number of amides is 2. The van der Waals surface area contributed by atoms with Gasteiger partial charge in [0.05, 0.1) is 5.56 Å². The van der Waals surface area contributed by atoms with Crippen LogP contribution < -0.4 is 10.6 Å². The van der Waals surface area contributed by atoms with E-state index in [1.807, 2.05) is 36.6 Å². The van der Waals surface area contributed by atoms with E-state index in [9.17, 15) is 18.0 Å². The van der Waals surface area contributed by atoms with Crippen LogP contribution in [0.15, 0.2) is 54.6 Å². The van der Waals surface area contributed by atoms with Crippen molar-refractivity contribution in [1.29, 1.82) is 0 Å². The van der Waals surface area contributed by atoms with Gasteiger partial charge in [-0.3, -0.25) is 0 Å². The molecular weight excluding hydrogens is 403 g/mol. The summed E-state index contributed by atoms with van der Waals surface area (Å²) in [6.45, 7) is 4.12. The average Bonchev–Trinajstić information content (AvgIpc) is 2.94. The van der Waals surface area contributed by atoms with Gasteiger partial charge in [0.15, 0.2) is 0 Å². The van der Waals surface area contributed by atoms with E-state index in [1.165, 1.54) is 12.1 Å². The van der Waals surface area contributed by atoms with E-state index >= 15 is 0 Å². The minimum absolute atomic E-state index is 0.0731. The minimum Gasteiger partial charge on any atom is -0.334 e. The Kier molecular flexibility index (Phi) is 5.88. The standard InChI is InChI=1S/C21H19ClF3N3O/c1-13-10-15(14(2)28(13)19-8-6-17(22)7-9-19)12-26-20(29)27-18-5-3-4-16(11-18)21(23,24)25/h3-11H,12H2,1-2H3,(H2,26,27,29). The maximum absolute atomic E-state index is 12.8. The first-order valence-corrected chi connectivity index (χ1v) is 9.19. The molecule has 4 nitrogen and oxygen atoms in total. The van der Waals surface area contributed by atoms with Crippen LogP contribution in [0.25, 0.3) is 5.69 Å². The Labute approximate surface area is 171 Å². The Hall–Kier alpha value is -2.93. The zero-order chi connectivity index (χ0) is 21.2. The van der Waals surface area contributed by atoms with Gasteiger partial charge in [-0.15, -0.1) is 0 Å². The molecule has 0 aliphatic carbocycles. The maximum Gasteiger partial charge on any atom is 0.416 e. The monoisotopic (exact) mass is 421 g/mol. The first-order valence-electron chi connectivity index (χ1n) is 8.81. The second-order valence-corrected chi connectivity index (χ2v) is 7.03. The van der Waals surface area contributed by atoms with Gasteiger partial charge < -0.3 is 15.2 Å². The molecule has 2 N–H and O–H groups in total. The third-order valence-electron chi connectivity index (χ3n) is 4.51. The highest BCUT2D eigenvalue weighted by atomic mass is 35.5. The Morgan fingerprint density at radius 3 is 2.41 bits per heavy atom. The van der Waals surface area contributed by atoms with E-state index in [0.717, 1.165) is 34.8 Å². The highest BCUT2D eigenvalue weighted by molar-refractivity contribution is 6.30. The quantitative estimate of drug-likeness (QED) is 0.526. The third-order valence-corrected chi connectivity index (χ3v) is 4.76. The molecule has 0 fully saturated rings. The molecule has 1 heterocycles. The summed E-state index contributed by atoms with van der Waals surface area (Å²) >= 11 is 5.94. The van der Waals surface area contributed by atoms with E-state index in [-0.39, 0.29) is 12.2 Å². The highest BCUT2D eigenvalue weighted by Gasteiger charge is 2.30. The number of carbonyl (C=O) groups is 1. The molecule has 0 radical (unpaired) electrons. The van der Waals surface area contributed by atoms with Crippen molar-refractivity contribution in [1.82, 2.24) is 9.88 Å². The summed E-state index contributed by atoms with van der Waals surface area (Å²) in [7, 11) is 0. The molecule has 3 aromatic rings. The Bertz CT molecular complexity index is 1030. The Morgan fingerprint density at radius 1 is 1.07 bits per heavy atom. The predicted molar refractivity (Wildman–Crippen MR) is 108 cm³/mol. The Balaban J connectivity index is 1.68. The minimum atomic E-state index is -4.46. The predicted octanol–water partition coefficient (Wildman–Crippen LogP) is 6.09. The van der Waals surface area contributed by atoms with Gasteiger partial charge in [0.1, 0.15) is 0 Å². The number of hydrogen-bond acceptors (Lipinski definition) is 1. The van der Waals surface area contributed by atoms with Crippen LogP contribution in [0, 0.1) is 13.8 Å². The van der Waals surface area contributed by atoms with Crippen molar-refractivity contribution < 1.29 is 18.0 Å². The fourth-order valence-electron chi connectivity index (χ4n) is 3.12. The second-order valence-electron chi connectivity index (χ2n) is 6.59. The molecule has 29 heavy (non-hydrogen) atoms. The van der Waals surface area contributed by atoms with Crippen molar-refractivity contribution in [2.24, 2.45) is 0 Å². The number of aromatic nitrogens is 1. The van der Waals surface area contributed by atoms with Crippen molar-refractivity contribution in [3.8, 4) is 5.69 Å². The van der Waals surface area contributed by atoms with Gasteiger partial charge in [-0.1, -0.05) is 17.7 Å². The van der Waals surface area contributed by atoms with Crippen LogP contribution in [0.3, 0.4) is 0 Å². The zero-order valence-electron chi connectivity index (χ0n) is 15.8. The molecule has 0 saturated carbocycles. The van der Waals surface area contributed by atoms with Crippen LogP contribution in [0.1, 0.15) is 22.5 Å². The van der Waals surface area contributed by atoms with Gasteiger partial charge in [-0.25, -0.2) is 4.79 Å². The molecule has 0 bridgehead atoms. The lowest BCUT2D eigenvalue weighted by atomic mass is 10.2. The smallest absolute Gasteiger partial charge is 0.334 e. The average molecular weight is 422 g/mol. The van der Waals surface area contributed by atoms with E-state index in [0.29, 0.717) is 5.02 Å². The van der Waals surface area contributed by atoms with Crippen molar-refractivity contribution in [3.05, 3.63) is 82.1 Å². The normalized spacial score (nSPS) is 11.4. The van der Waals surface area contributed by atoms with E-state index in [4.69, 9.17) is 11.6 Å². The maximum atomic E-state index is 12.8. The molecule has 0 atom stereocenters. The van der Waals surface area contributed by atoms with Gasteiger partial charge in [-0.2, -0.15) is 13.2 Å². The third kappa shape index (κ3) is 4.92. The molecule has 8 heteroatoms. The SMILES string of the molecule is Cc1cc(CNC(=O)Nc2cccc(C(F)(F)F)c2)c(C)n1-c1ccc(Cl)cc1. The fraction of sp³-hybridized carbons (Fsp3) is 0.190. The number of aryl methyl sites for hydroxylation is 1. The van der Waals surface area contributed by atoms with Gasteiger partial charge in [0.25, 0.3) is 0 Å². The molecule has 2 aromatic carbocycles. The van der Waals surface area contributed by atoms with Crippen LogP contribution in [0.4, 0.5) is 23.7 Å². The molecule has 152 valence electrons. The van der Waals surface area contributed by atoms with Crippen molar-refractivity contribution >= 4 is 23.3 Å². The van der Waals surface area contributed by atoms with Crippen molar-refractivity contribution in [2.45, 2.75) is 26.6 Å². The Morgan fingerprint density at radius 2 is 1.76 bits per heavy atom. The number of urea groups is 1. The molecule has 0 saturated heterocycles. The van der Waals surface area contributed by atoms with Crippen LogP contribution in [-0.2, 0) is 12.7 Å². The van der Waals surface area contributed by atoms with Crippen LogP contribution >= 0.6 is 11.6 Å². The summed E-state index contributed by atoms with van der Waals surface area (Å²) in [5.74, 6) is 0. The fourth-order valence-corrected chi connectivity index (χ4v) is 3.25.